The third kappa shape index (κ3) is 7.18. The van der Waals surface area contributed by atoms with Gasteiger partial charge in [-0.15, -0.1) is 0 Å². The zero-order chi connectivity index (χ0) is 19.0. The molecule has 0 nitrogen and oxygen atoms in total. The molecule has 0 amide bonds. The molecule has 25 heavy (non-hydrogen) atoms. The van der Waals surface area contributed by atoms with Crippen LogP contribution in [0.3, 0.4) is 0 Å². The Hall–Kier alpha value is -1.37. The Morgan fingerprint density at radius 3 is 2.60 bits per heavy atom. The third-order valence-corrected chi connectivity index (χ3v) is 5.63. The largest absolute Gasteiger partial charge is 0.244 e. The van der Waals surface area contributed by atoms with Gasteiger partial charge in [-0.2, -0.15) is 0 Å². The molecule has 1 aliphatic carbocycles. The van der Waals surface area contributed by atoms with Gasteiger partial charge in [0.05, 0.1) is 0 Å². The van der Waals surface area contributed by atoms with E-state index in [4.69, 9.17) is 0 Å². The first-order chi connectivity index (χ1) is 11.7. The standard InChI is InChI=1S/C24H37F/c1-8-11-20(5)23(13-10-12-18(3)9-2)21(6)16-22-17-24(7,25)15-14-19(22)4/h8-13,19,21-22H,2,14-17H2,1,3-7H3/b11-8+,13-10-,18-12-,23-20+/t19?,21-,22+,24?/m1/s1. The van der Waals surface area contributed by atoms with Gasteiger partial charge in [0.2, 0.25) is 0 Å². The second-order valence-corrected chi connectivity index (χ2v) is 8.14. The SMILES string of the molecule is C=C\C(C)=C/C=C\C(=C(C)/C=C/C)[C@H](C)C[C@H]1CC(C)(F)CCC1C. The van der Waals surface area contributed by atoms with Crippen molar-refractivity contribution in [2.45, 2.75) is 72.9 Å². The summed E-state index contributed by atoms with van der Waals surface area (Å²) < 4.78 is 14.5. The second-order valence-electron chi connectivity index (χ2n) is 8.14. The Bertz CT molecular complexity index is 557. The van der Waals surface area contributed by atoms with Crippen molar-refractivity contribution in [3.05, 3.63) is 59.8 Å². The summed E-state index contributed by atoms with van der Waals surface area (Å²) in [6.07, 6.45) is 16.0. The minimum Gasteiger partial charge on any atom is -0.244 e. The lowest BCUT2D eigenvalue weighted by Crippen LogP contribution is -2.33. The molecule has 0 bridgehead atoms. The monoisotopic (exact) mass is 344 g/mol. The van der Waals surface area contributed by atoms with Crippen LogP contribution in [0.1, 0.15) is 67.2 Å². The van der Waals surface area contributed by atoms with E-state index in [2.05, 4.69) is 71.6 Å². The predicted octanol–water partition coefficient (Wildman–Crippen LogP) is 7.76. The molecule has 1 fully saturated rings. The highest BCUT2D eigenvalue weighted by Crippen LogP contribution is 2.42. The lowest BCUT2D eigenvalue weighted by molar-refractivity contribution is 0.0558. The van der Waals surface area contributed by atoms with Crippen LogP contribution < -0.4 is 0 Å². The highest BCUT2D eigenvalue weighted by atomic mass is 19.1. The van der Waals surface area contributed by atoms with Crippen molar-refractivity contribution in [3.8, 4) is 0 Å². The Kier molecular flexibility index (Phi) is 8.62. The van der Waals surface area contributed by atoms with E-state index in [1.165, 1.54) is 11.1 Å². The quantitative estimate of drug-likeness (QED) is 0.414. The van der Waals surface area contributed by atoms with Crippen LogP contribution in [-0.2, 0) is 0 Å². The van der Waals surface area contributed by atoms with Crippen LogP contribution in [0, 0.1) is 17.8 Å². The van der Waals surface area contributed by atoms with Gasteiger partial charge in [-0.05, 0) is 82.3 Å². The number of halogens is 1. The van der Waals surface area contributed by atoms with Gasteiger partial charge in [0.25, 0.3) is 0 Å². The first-order valence-corrected chi connectivity index (χ1v) is 9.70. The van der Waals surface area contributed by atoms with Crippen molar-refractivity contribution in [3.63, 3.8) is 0 Å². The van der Waals surface area contributed by atoms with E-state index in [9.17, 15) is 4.39 Å². The fourth-order valence-electron chi connectivity index (χ4n) is 3.91. The molecule has 1 rings (SSSR count). The highest BCUT2D eigenvalue weighted by molar-refractivity contribution is 5.35. The van der Waals surface area contributed by atoms with Crippen LogP contribution in [0.5, 0.6) is 0 Å². The molecule has 0 aromatic carbocycles. The summed E-state index contributed by atoms with van der Waals surface area (Å²) in [6, 6.07) is 0. The zero-order valence-corrected chi connectivity index (χ0v) is 17.1. The Labute approximate surface area is 155 Å². The maximum Gasteiger partial charge on any atom is 0.108 e. The molecule has 1 saturated carbocycles. The summed E-state index contributed by atoms with van der Waals surface area (Å²) in [4.78, 5) is 0. The lowest BCUT2D eigenvalue weighted by atomic mass is 9.70. The van der Waals surface area contributed by atoms with Crippen molar-refractivity contribution < 1.29 is 4.39 Å². The molecule has 1 heteroatoms. The van der Waals surface area contributed by atoms with E-state index in [0.717, 1.165) is 18.4 Å². The topological polar surface area (TPSA) is 0 Å². The van der Waals surface area contributed by atoms with Gasteiger partial charge in [0.15, 0.2) is 0 Å². The molecule has 1 aliphatic rings. The van der Waals surface area contributed by atoms with E-state index >= 15 is 0 Å². The van der Waals surface area contributed by atoms with Crippen LogP contribution in [0.2, 0.25) is 0 Å². The molecule has 0 N–H and O–H groups in total. The minimum absolute atomic E-state index is 0.422. The second kappa shape index (κ2) is 9.94. The molecule has 140 valence electrons. The molecular weight excluding hydrogens is 307 g/mol. The Morgan fingerprint density at radius 1 is 1.32 bits per heavy atom. The van der Waals surface area contributed by atoms with Gasteiger partial charge >= 0.3 is 0 Å². The lowest BCUT2D eigenvalue weighted by Gasteiger charge is -2.38. The van der Waals surface area contributed by atoms with Crippen molar-refractivity contribution >= 4 is 0 Å². The Balaban J connectivity index is 2.98. The molecule has 0 radical (unpaired) electrons. The van der Waals surface area contributed by atoms with E-state index < -0.39 is 5.67 Å². The van der Waals surface area contributed by atoms with Crippen molar-refractivity contribution in [2.75, 3.05) is 0 Å². The van der Waals surface area contributed by atoms with Crippen LogP contribution in [0.4, 0.5) is 4.39 Å². The van der Waals surface area contributed by atoms with Crippen molar-refractivity contribution in [2.24, 2.45) is 17.8 Å². The van der Waals surface area contributed by atoms with Crippen LogP contribution in [-0.4, -0.2) is 5.67 Å². The van der Waals surface area contributed by atoms with Gasteiger partial charge < -0.3 is 0 Å². The molecular formula is C24H37F. The average Bonchev–Trinajstić information content (AvgIpc) is 2.54. The van der Waals surface area contributed by atoms with Crippen LogP contribution in [0.25, 0.3) is 0 Å². The molecule has 0 heterocycles. The highest BCUT2D eigenvalue weighted by Gasteiger charge is 2.36. The van der Waals surface area contributed by atoms with Crippen molar-refractivity contribution in [1.29, 1.82) is 0 Å². The number of alkyl halides is 1. The number of rotatable bonds is 7. The Morgan fingerprint density at radius 2 is 2.00 bits per heavy atom. The molecule has 0 aromatic rings. The van der Waals surface area contributed by atoms with Gasteiger partial charge in [-0.25, -0.2) is 4.39 Å². The molecule has 0 aromatic heterocycles. The van der Waals surface area contributed by atoms with E-state index in [0.29, 0.717) is 30.6 Å². The summed E-state index contributed by atoms with van der Waals surface area (Å²) >= 11 is 0. The van der Waals surface area contributed by atoms with Gasteiger partial charge in [-0.1, -0.05) is 62.5 Å². The fraction of sp³-hybridized carbons (Fsp3) is 0.583. The average molecular weight is 345 g/mol. The molecule has 0 spiro atoms. The number of allylic oxidation sites excluding steroid dienone is 9. The predicted molar refractivity (Wildman–Crippen MR) is 110 cm³/mol. The molecule has 0 saturated heterocycles. The smallest absolute Gasteiger partial charge is 0.108 e. The normalized spacial score (nSPS) is 30.6. The van der Waals surface area contributed by atoms with Crippen LogP contribution >= 0.6 is 0 Å². The first-order valence-electron chi connectivity index (χ1n) is 9.70. The van der Waals surface area contributed by atoms with E-state index in [-0.39, 0.29) is 0 Å². The van der Waals surface area contributed by atoms with Crippen molar-refractivity contribution in [1.82, 2.24) is 0 Å². The van der Waals surface area contributed by atoms with E-state index in [1.54, 1.807) is 6.92 Å². The first kappa shape index (κ1) is 21.7. The summed E-state index contributed by atoms with van der Waals surface area (Å²) in [7, 11) is 0. The maximum atomic E-state index is 14.5. The molecule has 0 aliphatic heterocycles. The van der Waals surface area contributed by atoms with Gasteiger partial charge in [0, 0.05) is 0 Å². The van der Waals surface area contributed by atoms with Crippen LogP contribution in [0.15, 0.2) is 59.8 Å². The molecule has 2 unspecified atom stereocenters. The number of hydrogen-bond donors (Lipinski definition) is 0. The fourth-order valence-corrected chi connectivity index (χ4v) is 3.91. The summed E-state index contributed by atoms with van der Waals surface area (Å²) in [5.74, 6) is 1.50. The van der Waals surface area contributed by atoms with E-state index in [1.807, 2.05) is 6.08 Å². The minimum atomic E-state index is -0.987. The summed E-state index contributed by atoms with van der Waals surface area (Å²) in [5, 5.41) is 0. The number of hydrogen-bond acceptors (Lipinski definition) is 0. The zero-order valence-electron chi connectivity index (χ0n) is 17.1. The van der Waals surface area contributed by atoms with Gasteiger partial charge in [-0.3, -0.25) is 0 Å². The third-order valence-electron chi connectivity index (χ3n) is 5.63. The molecule has 4 atom stereocenters. The summed E-state index contributed by atoms with van der Waals surface area (Å²) in [6.45, 7) is 16.4. The maximum absolute atomic E-state index is 14.5. The summed E-state index contributed by atoms with van der Waals surface area (Å²) in [5.41, 5.74) is 2.81. The van der Waals surface area contributed by atoms with Gasteiger partial charge in [0.1, 0.15) is 5.67 Å².